The van der Waals surface area contributed by atoms with Crippen LogP contribution in [0.5, 0.6) is 0 Å². The van der Waals surface area contributed by atoms with Crippen LogP contribution in [0.3, 0.4) is 0 Å². The average Bonchev–Trinajstić information content (AvgIpc) is 2.54. The van der Waals surface area contributed by atoms with Gasteiger partial charge in [-0.1, -0.05) is 6.07 Å². The average molecular weight is 238 g/mol. The summed E-state index contributed by atoms with van der Waals surface area (Å²) in [4.78, 5) is 4.21. The smallest absolute Gasteiger partial charge is 0.104 e. The van der Waals surface area contributed by atoms with Gasteiger partial charge in [-0.05, 0) is 34.1 Å². The summed E-state index contributed by atoms with van der Waals surface area (Å²) < 4.78 is 2.82. The van der Waals surface area contributed by atoms with E-state index in [4.69, 9.17) is 0 Å². The quantitative estimate of drug-likeness (QED) is 0.801. The molecule has 0 aliphatic heterocycles. The molecule has 0 bridgehead atoms. The van der Waals surface area contributed by atoms with Crippen molar-refractivity contribution in [2.75, 3.05) is 0 Å². The van der Waals surface area contributed by atoms with E-state index in [0.717, 1.165) is 10.3 Å². The summed E-state index contributed by atoms with van der Waals surface area (Å²) >= 11 is 3.40. The Balaban J connectivity index is 2.20. The van der Waals surface area contributed by atoms with E-state index in [2.05, 4.69) is 26.0 Å². The lowest BCUT2D eigenvalue weighted by Crippen LogP contribution is -2.02. The summed E-state index contributed by atoms with van der Waals surface area (Å²) in [7, 11) is 0. The van der Waals surface area contributed by atoms with E-state index in [0.29, 0.717) is 6.54 Å². The number of hydrogen-bond acceptors (Lipinski definition) is 2. The Morgan fingerprint density at radius 3 is 2.77 bits per heavy atom. The zero-order valence-electron chi connectivity index (χ0n) is 6.89. The van der Waals surface area contributed by atoms with Crippen LogP contribution in [0, 0.1) is 0 Å². The summed E-state index contributed by atoms with van der Waals surface area (Å²) in [6, 6.07) is 7.76. The molecule has 66 valence electrons. The maximum atomic E-state index is 4.21. The van der Waals surface area contributed by atoms with Crippen LogP contribution in [-0.4, -0.2) is 14.8 Å². The molecule has 2 rings (SSSR count). The number of rotatable bonds is 2. The molecule has 0 radical (unpaired) electrons. The van der Waals surface area contributed by atoms with Crippen molar-refractivity contribution in [2.45, 2.75) is 6.54 Å². The van der Waals surface area contributed by atoms with Crippen molar-refractivity contribution in [3.63, 3.8) is 0 Å². The Morgan fingerprint density at radius 1 is 1.23 bits per heavy atom. The molecule has 0 aliphatic rings. The largest absolute Gasteiger partial charge is 0.259 e. The Hall–Kier alpha value is -1.16. The summed E-state index contributed by atoms with van der Waals surface area (Å²) in [5, 5.41) is 4.14. The van der Waals surface area contributed by atoms with E-state index in [1.807, 2.05) is 28.9 Å². The predicted molar refractivity (Wildman–Crippen MR) is 53.3 cm³/mol. The first kappa shape index (κ1) is 8.44. The third-order valence-electron chi connectivity index (χ3n) is 1.70. The lowest BCUT2D eigenvalue weighted by Gasteiger charge is -2.01. The maximum absolute atomic E-state index is 4.21. The molecule has 0 saturated heterocycles. The highest BCUT2D eigenvalue weighted by molar-refractivity contribution is 9.10. The lowest BCUT2D eigenvalue weighted by molar-refractivity contribution is 0.658. The highest BCUT2D eigenvalue weighted by Crippen LogP contribution is 2.09. The van der Waals surface area contributed by atoms with Gasteiger partial charge < -0.3 is 0 Å². The van der Waals surface area contributed by atoms with Crippen LogP contribution in [0.15, 0.2) is 41.3 Å². The van der Waals surface area contributed by atoms with Gasteiger partial charge in [0.15, 0.2) is 0 Å². The summed E-state index contributed by atoms with van der Waals surface area (Å²) in [6.07, 6.45) is 3.54. The van der Waals surface area contributed by atoms with Gasteiger partial charge in [-0.15, -0.1) is 0 Å². The van der Waals surface area contributed by atoms with E-state index in [1.54, 1.807) is 12.4 Å². The van der Waals surface area contributed by atoms with E-state index >= 15 is 0 Å². The van der Waals surface area contributed by atoms with Crippen LogP contribution in [0.1, 0.15) is 5.69 Å². The van der Waals surface area contributed by atoms with Crippen LogP contribution in [0.2, 0.25) is 0 Å². The summed E-state index contributed by atoms with van der Waals surface area (Å²) in [6.45, 7) is 0.703. The Bertz CT molecular complexity index is 383. The summed E-state index contributed by atoms with van der Waals surface area (Å²) in [5.74, 6) is 0. The summed E-state index contributed by atoms with van der Waals surface area (Å²) in [5.41, 5.74) is 1.01. The Labute approximate surface area is 84.5 Å². The van der Waals surface area contributed by atoms with E-state index in [1.165, 1.54) is 0 Å². The van der Waals surface area contributed by atoms with Crippen molar-refractivity contribution in [3.8, 4) is 0 Å². The van der Waals surface area contributed by atoms with Crippen LogP contribution >= 0.6 is 15.9 Å². The molecule has 2 aromatic rings. The standard InChI is InChI=1S/C9H8BrN3/c10-9-4-6-12-13(9)7-8-3-1-2-5-11-8/h1-6H,7H2. The topological polar surface area (TPSA) is 30.7 Å². The van der Waals surface area contributed by atoms with Gasteiger partial charge in [-0.3, -0.25) is 9.67 Å². The first-order valence-electron chi connectivity index (χ1n) is 3.93. The third kappa shape index (κ3) is 1.95. The van der Waals surface area contributed by atoms with Crippen LogP contribution in [0.4, 0.5) is 0 Å². The predicted octanol–water partition coefficient (Wildman–Crippen LogP) is 2.09. The fourth-order valence-electron chi connectivity index (χ4n) is 1.08. The molecular weight excluding hydrogens is 230 g/mol. The van der Waals surface area contributed by atoms with Crippen molar-refractivity contribution in [2.24, 2.45) is 0 Å². The highest BCUT2D eigenvalue weighted by atomic mass is 79.9. The molecule has 0 saturated carbocycles. The van der Waals surface area contributed by atoms with Crippen molar-refractivity contribution in [1.82, 2.24) is 14.8 Å². The van der Waals surface area contributed by atoms with Crippen molar-refractivity contribution in [3.05, 3.63) is 47.0 Å². The molecule has 0 atom stereocenters. The SMILES string of the molecule is Brc1ccnn1Cc1ccccn1. The number of hydrogen-bond donors (Lipinski definition) is 0. The number of halogens is 1. The number of aromatic nitrogens is 3. The molecule has 0 fully saturated rings. The molecule has 0 N–H and O–H groups in total. The van der Waals surface area contributed by atoms with Gasteiger partial charge in [0.05, 0.1) is 18.4 Å². The molecule has 13 heavy (non-hydrogen) atoms. The van der Waals surface area contributed by atoms with Gasteiger partial charge in [0.25, 0.3) is 0 Å². The second kappa shape index (κ2) is 3.70. The molecule has 2 heterocycles. The molecule has 0 aromatic carbocycles. The van der Waals surface area contributed by atoms with E-state index < -0.39 is 0 Å². The van der Waals surface area contributed by atoms with E-state index in [-0.39, 0.29) is 0 Å². The van der Waals surface area contributed by atoms with Gasteiger partial charge in [0.2, 0.25) is 0 Å². The van der Waals surface area contributed by atoms with Crippen LogP contribution in [-0.2, 0) is 6.54 Å². The molecule has 4 heteroatoms. The van der Waals surface area contributed by atoms with Crippen molar-refractivity contribution >= 4 is 15.9 Å². The first-order chi connectivity index (χ1) is 6.36. The van der Waals surface area contributed by atoms with Gasteiger partial charge in [-0.25, -0.2) is 0 Å². The van der Waals surface area contributed by atoms with Gasteiger partial charge in [-0.2, -0.15) is 5.10 Å². The van der Waals surface area contributed by atoms with Gasteiger partial charge in [0.1, 0.15) is 4.60 Å². The minimum atomic E-state index is 0.703. The maximum Gasteiger partial charge on any atom is 0.104 e. The number of nitrogens with zero attached hydrogens (tertiary/aromatic N) is 3. The Kier molecular flexibility index (Phi) is 2.40. The number of pyridine rings is 1. The minimum Gasteiger partial charge on any atom is -0.259 e. The first-order valence-corrected chi connectivity index (χ1v) is 4.73. The molecular formula is C9H8BrN3. The minimum absolute atomic E-state index is 0.703. The molecule has 0 aliphatic carbocycles. The fourth-order valence-corrected chi connectivity index (χ4v) is 1.41. The van der Waals surface area contributed by atoms with Crippen LogP contribution in [0.25, 0.3) is 0 Å². The molecule has 3 nitrogen and oxygen atoms in total. The molecule has 0 amide bonds. The zero-order chi connectivity index (χ0) is 9.10. The van der Waals surface area contributed by atoms with Crippen molar-refractivity contribution in [1.29, 1.82) is 0 Å². The molecule has 0 unspecified atom stereocenters. The monoisotopic (exact) mass is 237 g/mol. The normalized spacial score (nSPS) is 10.2. The fraction of sp³-hybridized carbons (Fsp3) is 0.111. The zero-order valence-corrected chi connectivity index (χ0v) is 8.48. The van der Waals surface area contributed by atoms with Crippen LogP contribution < -0.4 is 0 Å². The van der Waals surface area contributed by atoms with Crippen molar-refractivity contribution < 1.29 is 0 Å². The molecule has 2 aromatic heterocycles. The Morgan fingerprint density at radius 2 is 2.15 bits per heavy atom. The van der Waals surface area contributed by atoms with Gasteiger partial charge in [0, 0.05) is 6.20 Å². The second-order valence-electron chi connectivity index (χ2n) is 2.63. The van der Waals surface area contributed by atoms with E-state index in [9.17, 15) is 0 Å². The molecule has 0 spiro atoms. The lowest BCUT2D eigenvalue weighted by atomic mass is 10.3. The highest BCUT2D eigenvalue weighted by Gasteiger charge is 1.99. The third-order valence-corrected chi connectivity index (χ3v) is 2.38. The van der Waals surface area contributed by atoms with Gasteiger partial charge >= 0.3 is 0 Å². The second-order valence-corrected chi connectivity index (χ2v) is 3.45.